The van der Waals surface area contributed by atoms with E-state index < -0.39 is 0 Å². The Morgan fingerprint density at radius 2 is 2.05 bits per heavy atom. The molecule has 1 aromatic carbocycles. The molecular weight excluding hydrogens is 384 g/mol. The van der Waals surface area contributed by atoms with Crippen molar-refractivity contribution in [2.24, 2.45) is 5.73 Å². The van der Waals surface area contributed by atoms with Crippen molar-refractivity contribution >= 4 is 31.9 Å². The number of pyridine rings is 1. The van der Waals surface area contributed by atoms with Gasteiger partial charge < -0.3 is 10.5 Å². The van der Waals surface area contributed by atoms with E-state index in [9.17, 15) is 0 Å². The van der Waals surface area contributed by atoms with Crippen LogP contribution in [0, 0.1) is 0 Å². The summed E-state index contributed by atoms with van der Waals surface area (Å²) in [5.74, 6) is 1.01. The van der Waals surface area contributed by atoms with Crippen LogP contribution in [-0.2, 0) is 12.8 Å². The van der Waals surface area contributed by atoms with Crippen molar-refractivity contribution in [1.82, 2.24) is 4.98 Å². The summed E-state index contributed by atoms with van der Waals surface area (Å²) in [6.07, 6.45) is 5.28. The highest BCUT2D eigenvalue weighted by molar-refractivity contribution is 9.10. The second-order valence-corrected chi connectivity index (χ2v) is 6.73. The summed E-state index contributed by atoms with van der Waals surface area (Å²) in [5, 5.41) is 0. The number of halogens is 2. The number of ether oxygens (including phenoxy) is 1. The third-order valence-corrected chi connectivity index (χ3v) is 4.31. The van der Waals surface area contributed by atoms with Crippen LogP contribution in [0.2, 0.25) is 0 Å². The molecule has 1 aliphatic heterocycles. The molecule has 0 radical (unpaired) electrons. The SMILES string of the molecule is NC(Cc1cc(Br)cc2c1OCC2)c1cncc(Br)c1. The summed E-state index contributed by atoms with van der Waals surface area (Å²) in [4.78, 5) is 4.17. The van der Waals surface area contributed by atoms with Crippen molar-refractivity contribution in [2.75, 3.05) is 6.61 Å². The van der Waals surface area contributed by atoms with Crippen LogP contribution in [-0.4, -0.2) is 11.6 Å². The molecule has 1 aromatic heterocycles. The van der Waals surface area contributed by atoms with Crippen molar-refractivity contribution in [3.63, 3.8) is 0 Å². The second-order valence-electron chi connectivity index (χ2n) is 4.90. The first-order chi connectivity index (χ1) is 9.63. The molecule has 0 saturated heterocycles. The topological polar surface area (TPSA) is 48.1 Å². The summed E-state index contributed by atoms with van der Waals surface area (Å²) >= 11 is 6.98. The maximum Gasteiger partial charge on any atom is 0.125 e. The lowest BCUT2D eigenvalue weighted by Crippen LogP contribution is -2.14. The minimum absolute atomic E-state index is 0.0948. The number of hydrogen-bond donors (Lipinski definition) is 1. The zero-order valence-electron chi connectivity index (χ0n) is 10.8. The van der Waals surface area contributed by atoms with Gasteiger partial charge in [-0.25, -0.2) is 0 Å². The molecule has 0 saturated carbocycles. The predicted molar refractivity (Wildman–Crippen MR) is 85.9 cm³/mol. The molecule has 0 fully saturated rings. The monoisotopic (exact) mass is 396 g/mol. The van der Waals surface area contributed by atoms with Gasteiger partial charge in [-0.2, -0.15) is 0 Å². The molecule has 0 spiro atoms. The van der Waals surface area contributed by atoms with Crippen LogP contribution in [0.25, 0.3) is 0 Å². The molecular formula is C15H14Br2N2O. The standard InChI is InChI=1S/C15H14Br2N2O/c16-12-3-9-1-2-20-15(9)10(4-12)6-14(18)11-5-13(17)8-19-7-11/h3-5,7-8,14H,1-2,6,18H2. The number of aromatic nitrogens is 1. The van der Waals surface area contributed by atoms with Gasteiger partial charge in [0, 0.05) is 33.8 Å². The van der Waals surface area contributed by atoms with Gasteiger partial charge in [0.15, 0.2) is 0 Å². The summed E-state index contributed by atoms with van der Waals surface area (Å²) in [6.45, 7) is 0.756. The van der Waals surface area contributed by atoms with E-state index in [1.165, 1.54) is 5.56 Å². The van der Waals surface area contributed by atoms with E-state index in [2.05, 4.69) is 49.0 Å². The van der Waals surface area contributed by atoms with Gasteiger partial charge in [0.05, 0.1) is 6.61 Å². The zero-order valence-corrected chi connectivity index (χ0v) is 13.9. The van der Waals surface area contributed by atoms with Crippen molar-refractivity contribution in [3.05, 3.63) is 56.2 Å². The van der Waals surface area contributed by atoms with Crippen molar-refractivity contribution in [3.8, 4) is 5.75 Å². The lowest BCUT2D eigenvalue weighted by molar-refractivity contribution is 0.352. The van der Waals surface area contributed by atoms with Gasteiger partial charge in [0.2, 0.25) is 0 Å². The molecule has 0 amide bonds. The fourth-order valence-electron chi connectivity index (χ4n) is 2.48. The highest BCUT2D eigenvalue weighted by Crippen LogP contribution is 2.35. The molecule has 2 aromatic rings. The number of hydrogen-bond acceptors (Lipinski definition) is 3. The third-order valence-electron chi connectivity index (χ3n) is 3.42. The largest absolute Gasteiger partial charge is 0.493 e. The smallest absolute Gasteiger partial charge is 0.125 e. The number of nitrogens with zero attached hydrogens (tertiary/aromatic N) is 1. The lowest BCUT2D eigenvalue weighted by Gasteiger charge is -2.15. The van der Waals surface area contributed by atoms with Crippen LogP contribution < -0.4 is 10.5 Å². The van der Waals surface area contributed by atoms with E-state index in [0.29, 0.717) is 0 Å². The molecule has 2 N–H and O–H groups in total. The average Bonchev–Trinajstić information content (AvgIpc) is 2.86. The van der Waals surface area contributed by atoms with Crippen LogP contribution >= 0.6 is 31.9 Å². The molecule has 5 heteroatoms. The maximum atomic E-state index is 6.31. The van der Waals surface area contributed by atoms with Crippen molar-refractivity contribution in [2.45, 2.75) is 18.9 Å². The Hall–Kier alpha value is -0.910. The molecule has 3 rings (SSSR count). The number of fused-ring (bicyclic) bond motifs is 1. The Morgan fingerprint density at radius 1 is 1.20 bits per heavy atom. The number of rotatable bonds is 3. The first-order valence-corrected chi connectivity index (χ1v) is 8.02. The normalized spacial score (nSPS) is 14.8. The fraction of sp³-hybridized carbons (Fsp3) is 0.267. The van der Waals surface area contributed by atoms with Gasteiger partial charge in [-0.3, -0.25) is 4.98 Å². The number of nitrogens with two attached hydrogens (primary N) is 1. The van der Waals surface area contributed by atoms with E-state index in [1.807, 2.05) is 12.3 Å². The minimum Gasteiger partial charge on any atom is -0.493 e. The number of benzene rings is 1. The summed E-state index contributed by atoms with van der Waals surface area (Å²) < 4.78 is 7.77. The Balaban J connectivity index is 1.88. The van der Waals surface area contributed by atoms with Crippen LogP contribution in [0.5, 0.6) is 5.75 Å². The first kappa shape index (κ1) is 14.0. The maximum absolute atomic E-state index is 6.31. The highest BCUT2D eigenvalue weighted by Gasteiger charge is 2.19. The van der Waals surface area contributed by atoms with Gasteiger partial charge in [0.1, 0.15) is 5.75 Å². The Morgan fingerprint density at radius 3 is 2.85 bits per heavy atom. The minimum atomic E-state index is -0.0948. The molecule has 3 nitrogen and oxygen atoms in total. The molecule has 1 unspecified atom stereocenters. The molecule has 1 atom stereocenters. The Kier molecular flexibility index (Phi) is 4.10. The molecule has 20 heavy (non-hydrogen) atoms. The average molecular weight is 398 g/mol. The van der Waals surface area contributed by atoms with Gasteiger partial charge in [-0.1, -0.05) is 15.9 Å². The van der Waals surface area contributed by atoms with E-state index in [1.54, 1.807) is 6.20 Å². The Labute approximate surface area is 134 Å². The van der Waals surface area contributed by atoms with Crippen LogP contribution in [0.15, 0.2) is 39.5 Å². The fourth-order valence-corrected chi connectivity index (χ4v) is 3.42. The summed E-state index contributed by atoms with van der Waals surface area (Å²) in [7, 11) is 0. The van der Waals surface area contributed by atoms with Crippen molar-refractivity contribution < 1.29 is 4.74 Å². The van der Waals surface area contributed by atoms with Gasteiger partial charge >= 0.3 is 0 Å². The summed E-state index contributed by atoms with van der Waals surface area (Å²) in [5.41, 5.74) is 9.74. The van der Waals surface area contributed by atoms with E-state index in [-0.39, 0.29) is 6.04 Å². The lowest BCUT2D eigenvalue weighted by atomic mass is 9.98. The van der Waals surface area contributed by atoms with Gasteiger partial charge in [0.25, 0.3) is 0 Å². The molecule has 1 aliphatic rings. The van der Waals surface area contributed by atoms with Crippen LogP contribution in [0.3, 0.4) is 0 Å². The zero-order chi connectivity index (χ0) is 14.1. The molecule has 2 heterocycles. The highest BCUT2D eigenvalue weighted by atomic mass is 79.9. The van der Waals surface area contributed by atoms with Crippen molar-refractivity contribution in [1.29, 1.82) is 0 Å². The quantitative estimate of drug-likeness (QED) is 0.857. The van der Waals surface area contributed by atoms with Gasteiger partial charge in [-0.05, 0) is 57.2 Å². The van der Waals surface area contributed by atoms with E-state index in [0.717, 1.165) is 45.3 Å². The third kappa shape index (κ3) is 2.90. The Bertz CT molecular complexity index is 646. The van der Waals surface area contributed by atoms with Crippen LogP contribution in [0.1, 0.15) is 22.7 Å². The summed E-state index contributed by atoms with van der Waals surface area (Å²) in [6, 6.07) is 6.13. The van der Waals surface area contributed by atoms with Gasteiger partial charge in [-0.15, -0.1) is 0 Å². The molecule has 104 valence electrons. The predicted octanol–water partition coefficient (Wildman–Crippen LogP) is 3.78. The molecule has 0 aliphatic carbocycles. The molecule has 0 bridgehead atoms. The second kappa shape index (κ2) is 5.84. The first-order valence-electron chi connectivity index (χ1n) is 6.43. The van der Waals surface area contributed by atoms with Crippen LogP contribution in [0.4, 0.5) is 0 Å². The van der Waals surface area contributed by atoms with E-state index in [4.69, 9.17) is 10.5 Å². The van der Waals surface area contributed by atoms with E-state index >= 15 is 0 Å².